The second-order valence-corrected chi connectivity index (χ2v) is 7.80. The number of ether oxygens (including phenoxy) is 1. The number of carbonyl (C=O) groups excluding carboxylic acids is 1. The van der Waals surface area contributed by atoms with E-state index in [2.05, 4.69) is 0 Å². The van der Waals surface area contributed by atoms with E-state index in [1.54, 1.807) is 43.9 Å². The first-order valence-corrected chi connectivity index (χ1v) is 8.80. The van der Waals surface area contributed by atoms with Gasteiger partial charge in [-0.25, -0.2) is 9.18 Å². The summed E-state index contributed by atoms with van der Waals surface area (Å²) in [5.41, 5.74) is 1.80. The third-order valence-electron chi connectivity index (χ3n) is 4.26. The minimum atomic E-state index is -0.604. The number of hydrogen-bond donors (Lipinski definition) is 1. The molecule has 1 N–H and O–H groups in total. The number of phenolic OH excluding ortho intramolecular Hbond substituents is 1. The minimum Gasteiger partial charge on any atom is -0.507 e. The maximum atomic E-state index is 14.3. The number of carbonyl (C=O) groups is 1. The standard InChI is InChI=1S/C20H21ClFNO3/c1-20(2,3)26-19(25)23-9-8-14-16(11-23)13(5-6-17(14)22)15-10-12(21)4-7-18(15)24/h4-7,10,24H,8-9,11H2,1-3H3. The number of halogens is 2. The molecule has 1 aliphatic heterocycles. The maximum absolute atomic E-state index is 14.3. The molecule has 0 spiro atoms. The molecule has 0 atom stereocenters. The van der Waals surface area contributed by atoms with Crippen molar-refractivity contribution in [2.75, 3.05) is 6.54 Å². The smallest absolute Gasteiger partial charge is 0.410 e. The number of benzene rings is 2. The summed E-state index contributed by atoms with van der Waals surface area (Å²) < 4.78 is 19.8. The van der Waals surface area contributed by atoms with Gasteiger partial charge < -0.3 is 14.7 Å². The van der Waals surface area contributed by atoms with Gasteiger partial charge in [-0.15, -0.1) is 0 Å². The number of rotatable bonds is 1. The SMILES string of the molecule is CC(C)(C)OC(=O)N1CCc2c(F)ccc(-c3cc(Cl)ccc3O)c2C1. The minimum absolute atomic E-state index is 0.0533. The lowest BCUT2D eigenvalue weighted by atomic mass is 9.90. The average Bonchev–Trinajstić information content (AvgIpc) is 2.56. The summed E-state index contributed by atoms with van der Waals surface area (Å²) in [6, 6.07) is 7.72. The van der Waals surface area contributed by atoms with E-state index in [1.165, 1.54) is 12.1 Å². The molecular weight excluding hydrogens is 357 g/mol. The lowest BCUT2D eigenvalue weighted by Crippen LogP contribution is -2.40. The molecule has 0 saturated heterocycles. The van der Waals surface area contributed by atoms with Crippen molar-refractivity contribution < 1.29 is 19.0 Å². The van der Waals surface area contributed by atoms with E-state index in [0.717, 1.165) is 0 Å². The number of nitrogens with zero attached hydrogens (tertiary/aromatic N) is 1. The molecule has 0 aromatic heterocycles. The Morgan fingerprint density at radius 1 is 1.19 bits per heavy atom. The molecule has 0 unspecified atom stereocenters. The van der Waals surface area contributed by atoms with Crippen LogP contribution in [0.1, 0.15) is 31.9 Å². The molecule has 1 aliphatic rings. The molecule has 2 aromatic rings. The molecule has 6 heteroatoms. The van der Waals surface area contributed by atoms with Gasteiger partial charge >= 0.3 is 6.09 Å². The Balaban J connectivity index is 2.02. The number of aromatic hydroxyl groups is 1. The molecule has 4 nitrogen and oxygen atoms in total. The van der Waals surface area contributed by atoms with Gasteiger partial charge in [0.2, 0.25) is 0 Å². The Hall–Kier alpha value is -2.27. The van der Waals surface area contributed by atoms with Gasteiger partial charge in [-0.3, -0.25) is 0 Å². The topological polar surface area (TPSA) is 49.8 Å². The monoisotopic (exact) mass is 377 g/mol. The molecule has 138 valence electrons. The zero-order chi connectivity index (χ0) is 19.1. The summed E-state index contributed by atoms with van der Waals surface area (Å²) >= 11 is 6.06. The number of hydrogen-bond acceptors (Lipinski definition) is 3. The van der Waals surface area contributed by atoms with Crippen LogP contribution >= 0.6 is 11.6 Å². The highest BCUT2D eigenvalue weighted by atomic mass is 35.5. The van der Waals surface area contributed by atoms with Gasteiger partial charge in [0.05, 0.1) is 0 Å². The summed E-state index contributed by atoms with van der Waals surface area (Å²) in [6.07, 6.45) is -0.0519. The highest BCUT2D eigenvalue weighted by Gasteiger charge is 2.29. The average molecular weight is 378 g/mol. The molecule has 1 heterocycles. The van der Waals surface area contributed by atoms with E-state index in [4.69, 9.17) is 16.3 Å². The largest absolute Gasteiger partial charge is 0.507 e. The Bertz CT molecular complexity index is 861. The Morgan fingerprint density at radius 2 is 1.92 bits per heavy atom. The molecule has 0 bridgehead atoms. The molecule has 3 rings (SSSR count). The van der Waals surface area contributed by atoms with Crippen molar-refractivity contribution in [3.8, 4) is 16.9 Å². The van der Waals surface area contributed by atoms with Gasteiger partial charge in [-0.1, -0.05) is 17.7 Å². The second-order valence-electron chi connectivity index (χ2n) is 7.37. The second kappa shape index (κ2) is 6.80. The third-order valence-corrected chi connectivity index (χ3v) is 4.49. The Morgan fingerprint density at radius 3 is 2.62 bits per heavy atom. The lowest BCUT2D eigenvalue weighted by molar-refractivity contribution is 0.0223. The predicted octanol–water partition coefficient (Wildman–Crippen LogP) is 5.14. The number of phenols is 1. The van der Waals surface area contributed by atoms with E-state index in [-0.39, 0.29) is 18.1 Å². The molecule has 0 aliphatic carbocycles. The van der Waals surface area contributed by atoms with Crippen LogP contribution in [-0.4, -0.2) is 28.2 Å². The van der Waals surface area contributed by atoms with E-state index >= 15 is 0 Å². The normalized spacial score (nSPS) is 14.1. The first-order chi connectivity index (χ1) is 12.2. The van der Waals surface area contributed by atoms with Crippen molar-refractivity contribution in [1.29, 1.82) is 0 Å². The fraction of sp³-hybridized carbons (Fsp3) is 0.350. The van der Waals surface area contributed by atoms with Gasteiger partial charge in [-0.2, -0.15) is 0 Å². The van der Waals surface area contributed by atoms with Crippen LogP contribution in [-0.2, 0) is 17.7 Å². The van der Waals surface area contributed by atoms with Crippen LogP contribution in [0.5, 0.6) is 5.75 Å². The van der Waals surface area contributed by atoms with Crippen LogP contribution < -0.4 is 0 Å². The van der Waals surface area contributed by atoms with E-state index < -0.39 is 11.7 Å². The van der Waals surface area contributed by atoms with Gasteiger partial charge in [0.1, 0.15) is 17.2 Å². The molecule has 2 aromatic carbocycles. The van der Waals surface area contributed by atoms with Crippen molar-refractivity contribution in [3.63, 3.8) is 0 Å². The van der Waals surface area contributed by atoms with Gasteiger partial charge in [0, 0.05) is 23.7 Å². The predicted molar refractivity (Wildman–Crippen MR) is 98.9 cm³/mol. The summed E-state index contributed by atoms with van der Waals surface area (Å²) in [6.45, 7) is 6.00. The van der Waals surface area contributed by atoms with Crippen LogP contribution in [0, 0.1) is 5.82 Å². The first-order valence-electron chi connectivity index (χ1n) is 8.43. The zero-order valence-corrected chi connectivity index (χ0v) is 15.7. The van der Waals surface area contributed by atoms with Crippen molar-refractivity contribution >= 4 is 17.7 Å². The van der Waals surface area contributed by atoms with Gasteiger partial charge in [-0.05, 0) is 68.1 Å². The van der Waals surface area contributed by atoms with Crippen LogP contribution in [0.3, 0.4) is 0 Å². The summed E-state index contributed by atoms with van der Waals surface area (Å²) in [5, 5.41) is 10.7. The summed E-state index contributed by atoms with van der Waals surface area (Å²) in [4.78, 5) is 14.0. The van der Waals surface area contributed by atoms with Crippen molar-refractivity contribution in [2.45, 2.75) is 39.3 Å². The molecule has 1 amide bonds. The zero-order valence-electron chi connectivity index (χ0n) is 15.0. The molecule has 0 radical (unpaired) electrons. The summed E-state index contributed by atoms with van der Waals surface area (Å²) in [5.74, 6) is -0.258. The molecule has 26 heavy (non-hydrogen) atoms. The Labute approximate surface area is 157 Å². The highest BCUT2D eigenvalue weighted by molar-refractivity contribution is 6.31. The molecular formula is C20H21ClFNO3. The van der Waals surface area contributed by atoms with E-state index in [0.29, 0.717) is 40.2 Å². The fourth-order valence-electron chi connectivity index (χ4n) is 3.09. The lowest BCUT2D eigenvalue weighted by Gasteiger charge is -2.32. The van der Waals surface area contributed by atoms with E-state index in [9.17, 15) is 14.3 Å². The van der Waals surface area contributed by atoms with Gasteiger partial charge in [0.25, 0.3) is 0 Å². The molecule has 0 saturated carbocycles. The van der Waals surface area contributed by atoms with Crippen LogP contribution in [0.15, 0.2) is 30.3 Å². The van der Waals surface area contributed by atoms with E-state index in [1.807, 2.05) is 0 Å². The van der Waals surface area contributed by atoms with Crippen molar-refractivity contribution in [1.82, 2.24) is 4.90 Å². The summed E-state index contributed by atoms with van der Waals surface area (Å²) in [7, 11) is 0. The van der Waals surface area contributed by atoms with Crippen molar-refractivity contribution in [2.24, 2.45) is 0 Å². The maximum Gasteiger partial charge on any atom is 0.410 e. The van der Waals surface area contributed by atoms with Crippen LogP contribution in [0.4, 0.5) is 9.18 Å². The highest BCUT2D eigenvalue weighted by Crippen LogP contribution is 2.38. The van der Waals surface area contributed by atoms with Crippen LogP contribution in [0.2, 0.25) is 5.02 Å². The third kappa shape index (κ3) is 3.78. The quantitative estimate of drug-likeness (QED) is 0.748. The fourth-order valence-corrected chi connectivity index (χ4v) is 3.26. The Kier molecular flexibility index (Phi) is 4.84. The first kappa shape index (κ1) is 18.5. The number of amides is 1. The van der Waals surface area contributed by atoms with Crippen molar-refractivity contribution in [3.05, 3.63) is 52.3 Å². The molecule has 0 fully saturated rings. The number of fused-ring (bicyclic) bond motifs is 1. The van der Waals surface area contributed by atoms with Gasteiger partial charge in [0.15, 0.2) is 0 Å². The van der Waals surface area contributed by atoms with Crippen LogP contribution in [0.25, 0.3) is 11.1 Å².